The lowest BCUT2D eigenvalue weighted by Crippen LogP contribution is -2.31. The van der Waals surface area contributed by atoms with Crippen molar-refractivity contribution in [2.24, 2.45) is 5.92 Å². The first-order chi connectivity index (χ1) is 12.3. The van der Waals surface area contributed by atoms with Crippen LogP contribution in [0, 0.1) is 5.92 Å². The number of fused-ring (bicyclic) bond motifs is 1. The summed E-state index contributed by atoms with van der Waals surface area (Å²) in [6, 6.07) is 25.2. The normalized spacial score (nSPS) is 15.0. The van der Waals surface area contributed by atoms with Crippen LogP contribution in [0.25, 0.3) is 10.8 Å². The van der Waals surface area contributed by atoms with Crippen molar-refractivity contribution in [3.63, 3.8) is 0 Å². The average Bonchev–Trinajstić information content (AvgIpc) is 3.50. The Morgan fingerprint density at radius 1 is 0.960 bits per heavy atom. The van der Waals surface area contributed by atoms with E-state index in [0.29, 0.717) is 11.7 Å². The summed E-state index contributed by atoms with van der Waals surface area (Å²) in [6.07, 6.45) is 2.41. The van der Waals surface area contributed by atoms with E-state index >= 15 is 0 Å². The van der Waals surface area contributed by atoms with Crippen molar-refractivity contribution >= 4 is 28.4 Å². The maximum Gasteiger partial charge on any atom is 0.230 e. The molecular weight excluding hydrogens is 326 g/mol. The smallest absolute Gasteiger partial charge is 0.230 e. The van der Waals surface area contributed by atoms with Crippen LogP contribution in [0.4, 0.5) is 0 Å². The number of thioether (sulfide) groups is 1. The lowest BCUT2D eigenvalue weighted by atomic mass is 10.0. The first-order valence-electron chi connectivity index (χ1n) is 8.75. The monoisotopic (exact) mass is 347 g/mol. The second kappa shape index (κ2) is 7.32. The Kier molecular flexibility index (Phi) is 4.75. The molecule has 1 aliphatic rings. The van der Waals surface area contributed by atoms with Crippen molar-refractivity contribution in [3.05, 3.63) is 78.4 Å². The van der Waals surface area contributed by atoms with Gasteiger partial charge in [0.25, 0.3) is 0 Å². The molecule has 126 valence electrons. The van der Waals surface area contributed by atoms with Crippen LogP contribution in [0.5, 0.6) is 0 Å². The summed E-state index contributed by atoms with van der Waals surface area (Å²) >= 11 is 1.60. The van der Waals surface area contributed by atoms with Crippen molar-refractivity contribution < 1.29 is 4.79 Å². The van der Waals surface area contributed by atoms with Crippen LogP contribution in [-0.2, 0) is 4.79 Å². The Morgan fingerprint density at radius 2 is 1.68 bits per heavy atom. The first-order valence-corrected chi connectivity index (χ1v) is 9.74. The maximum absolute atomic E-state index is 12.5. The van der Waals surface area contributed by atoms with E-state index in [-0.39, 0.29) is 11.9 Å². The Labute approximate surface area is 152 Å². The van der Waals surface area contributed by atoms with E-state index in [1.165, 1.54) is 29.2 Å². The van der Waals surface area contributed by atoms with Gasteiger partial charge in [-0.1, -0.05) is 60.7 Å². The highest BCUT2D eigenvalue weighted by molar-refractivity contribution is 8.00. The van der Waals surface area contributed by atoms with Crippen LogP contribution < -0.4 is 5.32 Å². The zero-order valence-electron chi connectivity index (χ0n) is 14.0. The van der Waals surface area contributed by atoms with Crippen LogP contribution in [-0.4, -0.2) is 11.7 Å². The van der Waals surface area contributed by atoms with E-state index in [1.807, 2.05) is 30.3 Å². The number of carbonyl (C=O) groups excluding carboxylic acids is 1. The lowest BCUT2D eigenvalue weighted by molar-refractivity contribution is -0.119. The molecule has 2 nitrogen and oxygen atoms in total. The van der Waals surface area contributed by atoms with Gasteiger partial charge in [-0.05, 0) is 47.2 Å². The molecule has 3 aromatic carbocycles. The van der Waals surface area contributed by atoms with Gasteiger partial charge in [0, 0.05) is 4.90 Å². The third-order valence-electron chi connectivity index (χ3n) is 4.66. The molecule has 1 atom stereocenters. The Morgan fingerprint density at radius 3 is 2.44 bits per heavy atom. The minimum Gasteiger partial charge on any atom is -0.348 e. The predicted molar refractivity (Wildman–Crippen MR) is 105 cm³/mol. The third-order valence-corrected chi connectivity index (χ3v) is 5.65. The summed E-state index contributed by atoms with van der Waals surface area (Å²) in [4.78, 5) is 13.6. The van der Waals surface area contributed by atoms with Gasteiger partial charge in [0.05, 0.1) is 11.8 Å². The molecule has 0 spiro atoms. The molecule has 0 bridgehead atoms. The Bertz CT molecular complexity index is 873. The van der Waals surface area contributed by atoms with Crippen molar-refractivity contribution in [3.8, 4) is 0 Å². The standard InChI is InChI=1S/C22H21NOS/c24-21(23-22(18-10-11-18)17-7-2-1-3-8-17)15-25-20-13-12-16-6-4-5-9-19(16)14-20/h1-9,12-14,18,22H,10-11,15H2,(H,23,24). The molecule has 1 amide bonds. The quantitative estimate of drug-likeness (QED) is 0.621. The van der Waals surface area contributed by atoms with Gasteiger partial charge in [0.2, 0.25) is 5.91 Å². The van der Waals surface area contributed by atoms with Crippen molar-refractivity contribution in [2.75, 3.05) is 5.75 Å². The number of hydrogen-bond acceptors (Lipinski definition) is 2. The van der Waals surface area contributed by atoms with Crippen molar-refractivity contribution in [1.29, 1.82) is 0 Å². The molecule has 4 rings (SSSR count). The molecule has 1 N–H and O–H groups in total. The van der Waals surface area contributed by atoms with Crippen LogP contribution in [0.3, 0.4) is 0 Å². The van der Waals surface area contributed by atoms with Gasteiger partial charge < -0.3 is 5.32 Å². The molecule has 3 aromatic rings. The Hall–Kier alpha value is -2.26. The molecule has 0 radical (unpaired) electrons. The number of rotatable bonds is 6. The first kappa shape index (κ1) is 16.2. The number of carbonyl (C=O) groups is 1. The fourth-order valence-corrected chi connectivity index (χ4v) is 3.94. The van der Waals surface area contributed by atoms with Gasteiger partial charge in [-0.25, -0.2) is 0 Å². The minimum absolute atomic E-state index is 0.110. The third kappa shape index (κ3) is 4.05. The number of amides is 1. The summed E-state index contributed by atoms with van der Waals surface area (Å²) in [5.74, 6) is 1.16. The van der Waals surface area contributed by atoms with Gasteiger partial charge in [-0.15, -0.1) is 11.8 Å². The molecule has 0 heterocycles. The van der Waals surface area contributed by atoms with Gasteiger partial charge >= 0.3 is 0 Å². The van der Waals surface area contributed by atoms with E-state index in [1.54, 1.807) is 11.8 Å². The van der Waals surface area contributed by atoms with Gasteiger partial charge in [-0.2, -0.15) is 0 Å². The fraction of sp³-hybridized carbons (Fsp3) is 0.227. The highest BCUT2D eigenvalue weighted by atomic mass is 32.2. The van der Waals surface area contributed by atoms with E-state index in [4.69, 9.17) is 0 Å². The molecule has 0 aromatic heterocycles. The van der Waals surface area contributed by atoms with Gasteiger partial charge in [0.15, 0.2) is 0 Å². The number of hydrogen-bond donors (Lipinski definition) is 1. The summed E-state index contributed by atoms with van der Waals surface area (Å²) in [6.45, 7) is 0. The molecule has 1 fully saturated rings. The predicted octanol–water partition coefficient (Wildman–Crippen LogP) is 5.20. The van der Waals surface area contributed by atoms with Gasteiger partial charge in [-0.3, -0.25) is 4.79 Å². The van der Waals surface area contributed by atoms with Crippen molar-refractivity contribution in [1.82, 2.24) is 5.32 Å². The number of benzene rings is 3. The highest BCUT2D eigenvalue weighted by Gasteiger charge is 2.33. The van der Waals surface area contributed by atoms with Crippen LogP contribution in [0.1, 0.15) is 24.4 Å². The second-order valence-corrected chi connectivity index (χ2v) is 7.64. The van der Waals surface area contributed by atoms with E-state index in [0.717, 1.165) is 4.90 Å². The van der Waals surface area contributed by atoms with Crippen molar-refractivity contribution in [2.45, 2.75) is 23.8 Å². The topological polar surface area (TPSA) is 29.1 Å². The maximum atomic E-state index is 12.5. The largest absolute Gasteiger partial charge is 0.348 e. The molecule has 0 saturated heterocycles. The zero-order chi connectivity index (χ0) is 17.1. The Balaban J connectivity index is 1.39. The van der Waals surface area contributed by atoms with Crippen LogP contribution in [0.2, 0.25) is 0 Å². The molecule has 0 aliphatic heterocycles. The molecule has 3 heteroatoms. The average molecular weight is 347 g/mol. The van der Waals surface area contributed by atoms with E-state index in [9.17, 15) is 4.79 Å². The summed E-state index contributed by atoms with van der Waals surface area (Å²) < 4.78 is 0. The highest BCUT2D eigenvalue weighted by Crippen LogP contribution is 2.41. The van der Waals surface area contributed by atoms with Crippen LogP contribution in [0.15, 0.2) is 77.7 Å². The summed E-state index contributed by atoms with van der Waals surface area (Å²) in [7, 11) is 0. The lowest BCUT2D eigenvalue weighted by Gasteiger charge is -2.18. The number of nitrogens with one attached hydrogen (secondary N) is 1. The van der Waals surface area contributed by atoms with Gasteiger partial charge in [0.1, 0.15) is 0 Å². The molecule has 25 heavy (non-hydrogen) atoms. The summed E-state index contributed by atoms with van der Waals surface area (Å²) in [5.41, 5.74) is 1.22. The minimum atomic E-state index is 0.110. The summed E-state index contributed by atoms with van der Waals surface area (Å²) in [5, 5.41) is 5.69. The SMILES string of the molecule is O=C(CSc1ccc2ccccc2c1)NC(c1ccccc1)C1CC1. The second-order valence-electron chi connectivity index (χ2n) is 6.59. The van der Waals surface area contributed by atoms with E-state index in [2.05, 4.69) is 47.8 Å². The fourth-order valence-electron chi connectivity index (χ4n) is 3.18. The zero-order valence-corrected chi connectivity index (χ0v) is 14.8. The molecule has 1 aliphatic carbocycles. The molecule has 1 unspecified atom stereocenters. The van der Waals surface area contributed by atoms with Crippen LogP contribution >= 0.6 is 11.8 Å². The molecule has 1 saturated carbocycles. The molecular formula is C22H21NOS. The van der Waals surface area contributed by atoms with E-state index < -0.39 is 0 Å².